The lowest BCUT2D eigenvalue weighted by Gasteiger charge is -2.14. The van der Waals surface area contributed by atoms with Crippen molar-refractivity contribution in [2.24, 2.45) is 0 Å². The number of sulfone groups is 1. The Morgan fingerprint density at radius 1 is 1.35 bits per heavy atom. The van der Waals surface area contributed by atoms with Crippen LogP contribution in [-0.2, 0) is 29.0 Å². The van der Waals surface area contributed by atoms with Gasteiger partial charge in [0.2, 0.25) is 5.91 Å². The summed E-state index contributed by atoms with van der Waals surface area (Å²) in [6.07, 6.45) is 0. The van der Waals surface area contributed by atoms with E-state index >= 15 is 0 Å². The van der Waals surface area contributed by atoms with Crippen molar-refractivity contribution in [2.75, 3.05) is 18.6 Å². The zero-order valence-corrected chi connectivity index (χ0v) is 10.1. The van der Waals surface area contributed by atoms with Gasteiger partial charge in [0, 0.05) is 6.92 Å². The van der Waals surface area contributed by atoms with Crippen LogP contribution in [0.4, 0.5) is 0 Å². The Morgan fingerprint density at radius 2 is 1.88 bits per heavy atom. The molecule has 0 fully saturated rings. The number of hydrogen-bond acceptors (Lipinski definition) is 6. The normalized spacial score (nSPS) is 12.6. The Hall–Kier alpha value is -1.64. The van der Waals surface area contributed by atoms with E-state index in [9.17, 15) is 22.8 Å². The van der Waals surface area contributed by atoms with Crippen LogP contribution in [-0.4, -0.2) is 56.0 Å². The molecule has 0 heterocycles. The van der Waals surface area contributed by atoms with Crippen LogP contribution in [0, 0.1) is 0 Å². The maximum atomic E-state index is 11.3. The Morgan fingerprint density at radius 3 is 2.24 bits per heavy atom. The average Bonchev–Trinajstić information content (AvgIpc) is 2.12. The molecule has 17 heavy (non-hydrogen) atoms. The number of carbonyl (C=O) groups excluding carboxylic acids is 2. The molecule has 0 aromatic heterocycles. The van der Waals surface area contributed by atoms with E-state index in [1.807, 2.05) is 0 Å². The van der Waals surface area contributed by atoms with E-state index < -0.39 is 45.2 Å². The number of carboxylic acid groups (broad SMARTS) is 1. The SMILES string of the molecule is COC(=O)[C@H](CS(=O)(=O)CC(=O)O)NC(C)=O. The van der Waals surface area contributed by atoms with Crippen molar-refractivity contribution in [1.82, 2.24) is 5.32 Å². The van der Waals surface area contributed by atoms with Crippen LogP contribution in [0.1, 0.15) is 6.92 Å². The van der Waals surface area contributed by atoms with Crippen LogP contribution in [0.25, 0.3) is 0 Å². The van der Waals surface area contributed by atoms with Gasteiger partial charge < -0.3 is 15.2 Å². The Bertz CT molecular complexity index is 414. The number of methoxy groups -OCH3 is 1. The van der Waals surface area contributed by atoms with Gasteiger partial charge in [-0.3, -0.25) is 9.59 Å². The Labute approximate surface area is 97.9 Å². The molecule has 1 atom stereocenters. The van der Waals surface area contributed by atoms with Crippen LogP contribution in [0.2, 0.25) is 0 Å². The first-order valence-corrected chi connectivity index (χ1v) is 6.27. The summed E-state index contributed by atoms with van der Waals surface area (Å²) >= 11 is 0. The fourth-order valence-electron chi connectivity index (χ4n) is 1.06. The standard InChI is InChI=1S/C8H13NO7S/c1-5(10)9-6(8(13)16-2)3-17(14,15)4-7(11)12/h6H,3-4H2,1-2H3,(H,9,10)(H,11,12)/t6-/m0/s1. The lowest BCUT2D eigenvalue weighted by molar-refractivity contribution is -0.144. The van der Waals surface area contributed by atoms with Gasteiger partial charge in [0.05, 0.1) is 12.9 Å². The molecule has 0 aromatic rings. The van der Waals surface area contributed by atoms with E-state index in [0.29, 0.717) is 0 Å². The summed E-state index contributed by atoms with van der Waals surface area (Å²) in [6, 6.07) is -1.40. The second-order valence-corrected chi connectivity index (χ2v) is 5.33. The van der Waals surface area contributed by atoms with Crippen molar-refractivity contribution >= 4 is 27.7 Å². The van der Waals surface area contributed by atoms with Gasteiger partial charge in [0.25, 0.3) is 0 Å². The first-order chi connectivity index (χ1) is 7.68. The van der Waals surface area contributed by atoms with Crippen LogP contribution in [0.3, 0.4) is 0 Å². The molecule has 2 N–H and O–H groups in total. The topological polar surface area (TPSA) is 127 Å². The van der Waals surface area contributed by atoms with E-state index in [-0.39, 0.29) is 0 Å². The van der Waals surface area contributed by atoms with Gasteiger partial charge in [-0.25, -0.2) is 13.2 Å². The first-order valence-electron chi connectivity index (χ1n) is 4.45. The number of aliphatic carboxylic acids is 1. The molecule has 0 saturated heterocycles. The molecule has 9 heteroatoms. The van der Waals surface area contributed by atoms with E-state index in [0.717, 1.165) is 14.0 Å². The molecule has 0 radical (unpaired) electrons. The van der Waals surface area contributed by atoms with Crippen molar-refractivity contribution in [3.05, 3.63) is 0 Å². The highest BCUT2D eigenvalue weighted by molar-refractivity contribution is 7.92. The number of carboxylic acids is 1. The van der Waals surface area contributed by atoms with Crippen LogP contribution in [0.15, 0.2) is 0 Å². The third kappa shape index (κ3) is 6.51. The monoisotopic (exact) mass is 267 g/mol. The van der Waals surface area contributed by atoms with Crippen LogP contribution in [0.5, 0.6) is 0 Å². The molecule has 0 unspecified atom stereocenters. The van der Waals surface area contributed by atoms with Crippen molar-refractivity contribution in [3.8, 4) is 0 Å². The van der Waals surface area contributed by atoms with Crippen molar-refractivity contribution in [1.29, 1.82) is 0 Å². The molecule has 1 amide bonds. The van der Waals surface area contributed by atoms with E-state index in [1.54, 1.807) is 0 Å². The fraction of sp³-hybridized carbons (Fsp3) is 0.625. The summed E-state index contributed by atoms with van der Waals surface area (Å²) in [5.74, 6) is -5.03. The second-order valence-electron chi connectivity index (χ2n) is 3.22. The van der Waals surface area contributed by atoms with Gasteiger partial charge in [-0.2, -0.15) is 0 Å². The number of nitrogens with one attached hydrogen (secondary N) is 1. The van der Waals surface area contributed by atoms with Crippen molar-refractivity contribution in [2.45, 2.75) is 13.0 Å². The van der Waals surface area contributed by atoms with E-state index in [4.69, 9.17) is 5.11 Å². The minimum Gasteiger partial charge on any atom is -0.480 e. The quantitative estimate of drug-likeness (QED) is 0.541. The van der Waals surface area contributed by atoms with Gasteiger partial charge in [-0.15, -0.1) is 0 Å². The number of rotatable bonds is 6. The summed E-state index contributed by atoms with van der Waals surface area (Å²) in [5.41, 5.74) is 0. The van der Waals surface area contributed by atoms with E-state index in [1.165, 1.54) is 0 Å². The molecule has 0 aliphatic heterocycles. The maximum Gasteiger partial charge on any atom is 0.329 e. The summed E-state index contributed by atoms with van der Waals surface area (Å²) in [4.78, 5) is 32.2. The van der Waals surface area contributed by atoms with Gasteiger partial charge in [0.1, 0.15) is 11.8 Å². The lowest BCUT2D eigenvalue weighted by atomic mass is 10.3. The van der Waals surface area contributed by atoms with Crippen molar-refractivity contribution in [3.63, 3.8) is 0 Å². The minimum absolute atomic E-state index is 0.620. The highest BCUT2D eigenvalue weighted by Crippen LogP contribution is 1.98. The molecular weight excluding hydrogens is 254 g/mol. The highest BCUT2D eigenvalue weighted by Gasteiger charge is 2.28. The molecule has 0 rings (SSSR count). The number of hydrogen-bond donors (Lipinski definition) is 2. The molecule has 98 valence electrons. The Kier molecular flexibility index (Phi) is 5.59. The summed E-state index contributed by atoms with van der Waals surface area (Å²) in [6.45, 7) is 1.10. The Balaban J connectivity index is 4.80. The largest absolute Gasteiger partial charge is 0.480 e. The van der Waals surface area contributed by atoms with E-state index in [2.05, 4.69) is 10.1 Å². The lowest BCUT2D eigenvalue weighted by Crippen LogP contribution is -2.45. The predicted molar refractivity (Wildman–Crippen MR) is 55.9 cm³/mol. The van der Waals surface area contributed by atoms with Crippen LogP contribution < -0.4 is 5.32 Å². The minimum atomic E-state index is -4.00. The molecular formula is C8H13NO7S. The van der Waals surface area contributed by atoms with Gasteiger partial charge in [-0.05, 0) is 0 Å². The molecule has 8 nitrogen and oxygen atoms in total. The highest BCUT2D eigenvalue weighted by atomic mass is 32.2. The number of carbonyl (C=O) groups is 3. The molecule has 0 aliphatic rings. The molecule has 0 aliphatic carbocycles. The maximum absolute atomic E-state index is 11.3. The third-order valence-corrected chi connectivity index (χ3v) is 3.16. The molecule has 0 spiro atoms. The summed E-state index contributed by atoms with van der Waals surface area (Å²) < 4.78 is 26.9. The second kappa shape index (κ2) is 6.18. The zero-order chi connectivity index (χ0) is 13.6. The fourth-order valence-corrected chi connectivity index (χ4v) is 2.28. The zero-order valence-electron chi connectivity index (χ0n) is 9.30. The average molecular weight is 267 g/mol. The number of amides is 1. The van der Waals surface area contributed by atoms with Crippen molar-refractivity contribution < 1.29 is 32.6 Å². The number of esters is 1. The van der Waals surface area contributed by atoms with Crippen LogP contribution >= 0.6 is 0 Å². The first kappa shape index (κ1) is 15.4. The molecule has 0 aromatic carbocycles. The van der Waals surface area contributed by atoms with Gasteiger partial charge in [-0.1, -0.05) is 0 Å². The summed E-state index contributed by atoms with van der Waals surface area (Å²) in [7, 11) is -2.97. The smallest absolute Gasteiger partial charge is 0.329 e. The third-order valence-electron chi connectivity index (χ3n) is 1.63. The molecule has 0 saturated carbocycles. The predicted octanol–water partition coefficient (Wildman–Crippen LogP) is -1.84. The number of ether oxygens (including phenoxy) is 1. The van der Waals surface area contributed by atoms with Gasteiger partial charge in [0.15, 0.2) is 9.84 Å². The van der Waals surface area contributed by atoms with Gasteiger partial charge >= 0.3 is 11.9 Å². The summed E-state index contributed by atoms with van der Waals surface area (Å²) in [5, 5.41) is 10.4. The molecule has 0 bridgehead atoms.